The molecule has 11 heteroatoms. The van der Waals surface area contributed by atoms with Gasteiger partial charge in [0.1, 0.15) is 24.7 Å². The van der Waals surface area contributed by atoms with E-state index < -0.39 is 5.97 Å². The monoisotopic (exact) mass is 622 g/mol. The van der Waals surface area contributed by atoms with Crippen molar-refractivity contribution in [1.82, 2.24) is 19.9 Å². The average molecular weight is 623 g/mol. The molecule has 4 aromatic carbocycles. The van der Waals surface area contributed by atoms with Crippen molar-refractivity contribution < 1.29 is 47.8 Å². The van der Waals surface area contributed by atoms with E-state index in [4.69, 9.17) is 14.2 Å². The van der Waals surface area contributed by atoms with Gasteiger partial charge in [0.15, 0.2) is 0 Å². The van der Waals surface area contributed by atoms with Gasteiger partial charge in [0.2, 0.25) is 0 Å². The van der Waals surface area contributed by atoms with Crippen molar-refractivity contribution in [3.05, 3.63) is 144 Å². The molecule has 47 heavy (non-hydrogen) atoms. The molecule has 0 atom stereocenters. The summed E-state index contributed by atoms with van der Waals surface area (Å²) in [5.41, 5.74) is 6.21. The summed E-state index contributed by atoms with van der Waals surface area (Å²) in [4.78, 5) is 36.6. The van der Waals surface area contributed by atoms with Gasteiger partial charge in [0.05, 0.1) is 54.6 Å². The molecule has 0 amide bonds. The molecule has 2 N–H and O–H groups in total. The number of hydrogen-bond donors (Lipinski definition) is 2. The molecule has 6 aromatic rings. The van der Waals surface area contributed by atoms with E-state index in [-0.39, 0.29) is 30.4 Å². The third-order valence-electron chi connectivity index (χ3n) is 6.79. The molecule has 2 aromatic heterocycles. The number of H-pyrrole nitrogens is 2. The van der Waals surface area contributed by atoms with Gasteiger partial charge in [-0.2, -0.15) is 0 Å². The quantitative estimate of drug-likeness (QED) is 0.166. The molecule has 6 rings (SSSR count). The number of esters is 1. The van der Waals surface area contributed by atoms with Crippen LogP contribution in [0, 0.1) is 0 Å². The molecule has 0 aliphatic carbocycles. The molecule has 0 aliphatic heterocycles. The Morgan fingerprint density at radius 1 is 0.660 bits per heavy atom. The Hall–Kier alpha value is -5.56. The minimum atomic E-state index is -1.18. The van der Waals surface area contributed by atoms with E-state index >= 15 is 0 Å². The number of carboxylic acids is 1. The minimum Gasteiger partial charge on any atom is -0.545 e. The zero-order valence-corrected chi connectivity index (χ0v) is 26.0. The van der Waals surface area contributed by atoms with Crippen molar-refractivity contribution in [2.75, 3.05) is 6.61 Å². The first kappa shape index (κ1) is 34.3. The normalized spacial score (nSPS) is 10.1. The van der Waals surface area contributed by atoms with E-state index in [1.54, 1.807) is 56.2 Å². The number of ether oxygens (including phenoxy) is 3. The number of hydrogen-bond acceptors (Lipinski definition) is 8. The molecule has 0 unspecified atom stereocenters. The Kier molecular flexibility index (Phi) is 12.6. The first-order chi connectivity index (χ1) is 22.5. The Morgan fingerprint density at radius 3 is 1.51 bits per heavy atom. The van der Waals surface area contributed by atoms with E-state index in [9.17, 15) is 14.7 Å². The Labute approximate surface area is 284 Å². The number of aromatic amines is 2. The van der Waals surface area contributed by atoms with Crippen LogP contribution in [0.25, 0.3) is 22.5 Å². The van der Waals surface area contributed by atoms with Crippen molar-refractivity contribution in [3.8, 4) is 34.0 Å². The molecule has 0 saturated carbocycles. The SMILES string of the molecule is CCOC(=O)c1ccc(COc2ccccc2-c2cnc[nH]2)cc1.O=C([O-])c1ccc(COc2ccccc2-c2cnc[nH]2)cc1.[Li+]. The smallest absolute Gasteiger partial charge is 0.545 e. The largest absolute Gasteiger partial charge is 1.00 e. The fourth-order valence-electron chi connectivity index (χ4n) is 4.45. The molecule has 10 nitrogen and oxygen atoms in total. The second-order valence-electron chi connectivity index (χ2n) is 9.90. The van der Waals surface area contributed by atoms with Gasteiger partial charge in [0.25, 0.3) is 0 Å². The number of imidazole rings is 2. The van der Waals surface area contributed by atoms with Crippen LogP contribution in [0.15, 0.2) is 122 Å². The fourth-order valence-corrected chi connectivity index (χ4v) is 4.45. The molecular formula is C36H31LiN4O6. The van der Waals surface area contributed by atoms with Gasteiger partial charge in [-0.05, 0) is 60.0 Å². The van der Waals surface area contributed by atoms with Crippen LogP contribution in [0.5, 0.6) is 11.5 Å². The van der Waals surface area contributed by atoms with Crippen LogP contribution in [0.3, 0.4) is 0 Å². The fraction of sp³-hybridized carbons (Fsp3) is 0.111. The van der Waals surface area contributed by atoms with Crippen molar-refractivity contribution in [2.45, 2.75) is 20.1 Å². The molecule has 0 bridgehead atoms. The van der Waals surface area contributed by atoms with Crippen molar-refractivity contribution in [3.63, 3.8) is 0 Å². The third-order valence-corrected chi connectivity index (χ3v) is 6.79. The number of carbonyl (C=O) groups excluding carboxylic acids is 2. The third kappa shape index (κ3) is 9.47. The predicted molar refractivity (Wildman–Crippen MR) is 170 cm³/mol. The second-order valence-corrected chi connectivity index (χ2v) is 9.90. The van der Waals surface area contributed by atoms with Crippen LogP contribution in [0.4, 0.5) is 0 Å². The number of aromatic nitrogens is 4. The van der Waals surface area contributed by atoms with Gasteiger partial charge < -0.3 is 34.1 Å². The van der Waals surface area contributed by atoms with E-state index in [2.05, 4.69) is 19.9 Å². The number of rotatable bonds is 11. The first-order valence-electron chi connectivity index (χ1n) is 14.5. The number of carbonyl (C=O) groups is 2. The maximum atomic E-state index is 11.6. The molecule has 0 fully saturated rings. The summed E-state index contributed by atoms with van der Waals surface area (Å²) in [7, 11) is 0. The summed E-state index contributed by atoms with van der Waals surface area (Å²) in [6.45, 7) is 2.91. The van der Waals surface area contributed by atoms with Gasteiger partial charge in [-0.25, -0.2) is 14.8 Å². The maximum Gasteiger partial charge on any atom is 1.00 e. The number of nitrogens with zero attached hydrogens (tertiary/aromatic N) is 2. The Morgan fingerprint density at radius 2 is 1.11 bits per heavy atom. The molecular weight excluding hydrogens is 591 g/mol. The maximum absolute atomic E-state index is 11.6. The number of carboxylic acid groups (broad SMARTS) is 1. The minimum absolute atomic E-state index is 0. The summed E-state index contributed by atoms with van der Waals surface area (Å²) in [6, 6.07) is 29.1. The summed E-state index contributed by atoms with van der Waals surface area (Å²) in [5, 5.41) is 10.7. The van der Waals surface area contributed by atoms with E-state index in [1.807, 2.05) is 60.7 Å². The molecule has 0 spiro atoms. The zero-order chi connectivity index (χ0) is 32.1. The van der Waals surface area contributed by atoms with Crippen LogP contribution in [0.2, 0.25) is 0 Å². The van der Waals surface area contributed by atoms with Crippen LogP contribution in [-0.4, -0.2) is 38.5 Å². The molecule has 232 valence electrons. The number of aromatic carboxylic acids is 1. The second kappa shape index (κ2) is 17.2. The zero-order valence-electron chi connectivity index (χ0n) is 26.0. The summed E-state index contributed by atoms with van der Waals surface area (Å²) >= 11 is 0. The Bertz CT molecular complexity index is 1840. The van der Waals surface area contributed by atoms with Gasteiger partial charge in [-0.3, -0.25) is 0 Å². The molecule has 0 saturated heterocycles. The van der Waals surface area contributed by atoms with E-state index in [1.165, 1.54) is 12.1 Å². The summed E-state index contributed by atoms with van der Waals surface area (Å²) in [6.07, 6.45) is 6.75. The van der Waals surface area contributed by atoms with Gasteiger partial charge in [0, 0.05) is 11.1 Å². The van der Waals surface area contributed by atoms with Gasteiger partial charge in [-0.15, -0.1) is 0 Å². The van der Waals surface area contributed by atoms with E-state index in [0.29, 0.717) is 25.4 Å². The standard InChI is InChI=1S/C19H18N2O3.C17H14N2O3.Li/c1-2-23-19(22)15-9-7-14(8-10-15)12-24-18-6-4-3-5-16(18)17-11-20-13-21-17;20-17(21)13-7-5-12(6-8-13)10-22-16-4-2-1-3-14(16)15-9-18-11-19-15;/h3-11,13H,2,12H2,1H3,(H,20,21);1-9,11H,10H2,(H,18,19)(H,20,21);/q;;+1/p-1. The van der Waals surface area contributed by atoms with Crippen LogP contribution < -0.4 is 33.4 Å². The molecule has 2 heterocycles. The first-order valence-corrected chi connectivity index (χ1v) is 14.5. The number of para-hydroxylation sites is 2. The summed E-state index contributed by atoms with van der Waals surface area (Å²) in [5.74, 6) is 0.0126. The summed E-state index contributed by atoms with van der Waals surface area (Å²) < 4.78 is 16.7. The van der Waals surface area contributed by atoms with Crippen molar-refractivity contribution in [2.24, 2.45) is 0 Å². The predicted octanol–water partition coefficient (Wildman–Crippen LogP) is 2.86. The van der Waals surface area contributed by atoms with E-state index in [0.717, 1.165) is 45.1 Å². The Balaban J connectivity index is 0.000000209. The van der Waals surface area contributed by atoms with Crippen LogP contribution >= 0.6 is 0 Å². The van der Waals surface area contributed by atoms with Crippen molar-refractivity contribution >= 4 is 11.9 Å². The topological polar surface area (TPSA) is 142 Å². The molecule has 0 aliphatic rings. The van der Waals surface area contributed by atoms with Crippen LogP contribution in [-0.2, 0) is 18.0 Å². The number of nitrogens with one attached hydrogen (secondary N) is 2. The van der Waals surface area contributed by atoms with Gasteiger partial charge >= 0.3 is 24.8 Å². The van der Waals surface area contributed by atoms with Gasteiger partial charge in [-0.1, -0.05) is 60.7 Å². The van der Waals surface area contributed by atoms with Crippen molar-refractivity contribution in [1.29, 1.82) is 0 Å². The molecule has 0 radical (unpaired) electrons. The average Bonchev–Trinajstić information content (AvgIpc) is 3.83. The van der Waals surface area contributed by atoms with Crippen LogP contribution in [0.1, 0.15) is 38.8 Å². The number of benzene rings is 4.